The minimum atomic E-state index is 0.907. The lowest BCUT2D eigenvalue weighted by atomic mass is 9.98. The smallest absolute Gasteiger partial charge is 0.143 e. The summed E-state index contributed by atoms with van der Waals surface area (Å²) < 4.78 is 11.3. The van der Waals surface area contributed by atoms with Crippen LogP contribution in [0, 0.1) is 0 Å². The molecule has 57 heavy (non-hydrogen) atoms. The third kappa shape index (κ3) is 4.92. The Kier molecular flexibility index (Phi) is 6.93. The second-order valence-electron chi connectivity index (χ2n) is 14.9. The first-order chi connectivity index (χ1) is 28.3. The van der Waals surface area contributed by atoms with Crippen molar-refractivity contribution >= 4 is 65.6 Å². The normalized spacial score (nSPS) is 11.9. The topological polar surface area (TPSA) is 23.0 Å². The average Bonchev–Trinajstić information content (AvgIpc) is 3.94. The Morgan fingerprint density at radius 1 is 0.281 bits per heavy atom. The largest absolute Gasteiger partial charge is 0.455 e. The lowest BCUT2D eigenvalue weighted by Crippen LogP contribution is -1.94. The van der Waals surface area contributed by atoms with Crippen LogP contribution in [-0.4, -0.2) is 9.13 Å². The van der Waals surface area contributed by atoms with Crippen molar-refractivity contribution in [1.82, 2.24) is 9.13 Å². The van der Waals surface area contributed by atoms with Crippen LogP contribution in [0.5, 0.6) is 0 Å². The number of rotatable bonds is 5. The highest BCUT2D eigenvalue weighted by molar-refractivity contribution is 6.15. The fourth-order valence-corrected chi connectivity index (χ4v) is 9.06. The van der Waals surface area contributed by atoms with E-state index >= 15 is 0 Å². The first-order valence-electron chi connectivity index (χ1n) is 19.5. The first kappa shape index (κ1) is 31.7. The molecule has 0 unspecified atom stereocenters. The zero-order valence-corrected chi connectivity index (χ0v) is 30.9. The molecule has 0 aliphatic heterocycles. The van der Waals surface area contributed by atoms with Crippen LogP contribution in [-0.2, 0) is 0 Å². The minimum absolute atomic E-state index is 0.907. The number of fused-ring (bicyclic) bond motifs is 9. The Labute approximate surface area is 328 Å². The van der Waals surface area contributed by atoms with Gasteiger partial charge in [0, 0.05) is 49.3 Å². The number of hydrogen-bond donors (Lipinski definition) is 0. The molecule has 0 amide bonds. The summed E-state index contributed by atoms with van der Waals surface area (Å²) in [4.78, 5) is 0. The van der Waals surface area contributed by atoms with Gasteiger partial charge in [-0.25, -0.2) is 0 Å². The summed E-state index contributed by atoms with van der Waals surface area (Å²) in [5.41, 5.74) is 15.9. The quantitative estimate of drug-likeness (QED) is 0.173. The van der Waals surface area contributed by atoms with Gasteiger partial charge in [-0.05, 0) is 101 Å². The molecule has 0 aliphatic carbocycles. The van der Waals surface area contributed by atoms with Gasteiger partial charge in [-0.15, -0.1) is 0 Å². The lowest BCUT2D eigenvalue weighted by molar-refractivity contribution is 0.670. The van der Waals surface area contributed by atoms with Crippen LogP contribution in [0.15, 0.2) is 211 Å². The van der Waals surface area contributed by atoms with Gasteiger partial charge in [-0.3, -0.25) is 0 Å². The van der Waals surface area contributed by atoms with E-state index in [0.29, 0.717) is 0 Å². The van der Waals surface area contributed by atoms with Crippen molar-refractivity contribution in [3.63, 3.8) is 0 Å². The van der Waals surface area contributed by atoms with Gasteiger partial charge in [-0.1, -0.05) is 133 Å². The molecule has 12 rings (SSSR count). The molecule has 3 aromatic heterocycles. The van der Waals surface area contributed by atoms with Gasteiger partial charge in [0.05, 0.1) is 22.1 Å². The highest BCUT2D eigenvalue weighted by Gasteiger charge is 2.18. The summed E-state index contributed by atoms with van der Waals surface area (Å²) in [5, 5.41) is 7.18. The summed E-state index contributed by atoms with van der Waals surface area (Å²) in [6.45, 7) is 0. The van der Waals surface area contributed by atoms with E-state index in [2.05, 4.69) is 209 Å². The second kappa shape index (κ2) is 12.5. The van der Waals surface area contributed by atoms with Crippen molar-refractivity contribution in [2.45, 2.75) is 0 Å². The molecule has 0 saturated heterocycles. The summed E-state index contributed by atoms with van der Waals surface area (Å²) in [7, 11) is 0. The minimum Gasteiger partial charge on any atom is -0.455 e. The van der Waals surface area contributed by atoms with Crippen LogP contribution in [0.2, 0.25) is 0 Å². The van der Waals surface area contributed by atoms with Crippen molar-refractivity contribution in [1.29, 1.82) is 0 Å². The molecular weight excluding hydrogens is 693 g/mol. The van der Waals surface area contributed by atoms with Crippen molar-refractivity contribution in [2.24, 2.45) is 0 Å². The van der Waals surface area contributed by atoms with Crippen molar-refractivity contribution in [2.75, 3.05) is 0 Å². The molecule has 0 atom stereocenters. The predicted molar refractivity (Wildman–Crippen MR) is 239 cm³/mol. The van der Waals surface area contributed by atoms with Crippen molar-refractivity contribution < 1.29 is 4.42 Å². The van der Waals surface area contributed by atoms with E-state index in [-0.39, 0.29) is 0 Å². The maximum atomic E-state index is 6.53. The molecule has 0 fully saturated rings. The van der Waals surface area contributed by atoms with E-state index in [1.807, 2.05) is 6.07 Å². The molecule has 9 aromatic carbocycles. The Bertz CT molecular complexity index is 3490. The highest BCUT2D eigenvalue weighted by atomic mass is 16.3. The van der Waals surface area contributed by atoms with Crippen molar-refractivity contribution in [3.8, 4) is 44.8 Å². The molecule has 266 valence electrons. The monoisotopic (exact) mass is 726 g/mol. The lowest BCUT2D eigenvalue weighted by Gasteiger charge is -2.10. The Hall–Kier alpha value is -7.62. The van der Waals surface area contributed by atoms with Crippen LogP contribution in [0.4, 0.5) is 0 Å². The molecule has 3 nitrogen and oxygen atoms in total. The molecule has 0 radical (unpaired) electrons. The number of hydrogen-bond acceptors (Lipinski definition) is 1. The summed E-state index contributed by atoms with van der Waals surface area (Å²) in [6, 6.07) is 74.5. The van der Waals surface area contributed by atoms with E-state index in [0.717, 1.165) is 50.0 Å². The van der Waals surface area contributed by atoms with Gasteiger partial charge in [0.25, 0.3) is 0 Å². The number of benzene rings is 9. The fraction of sp³-hybridized carbons (Fsp3) is 0. The second-order valence-corrected chi connectivity index (χ2v) is 14.9. The molecule has 3 heterocycles. The van der Waals surface area contributed by atoms with Gasteiger partial charge in [0.15, 0.2) is 0 Å². The van der Waals surface area contributed by atoms with Crippen molar-refractivity contribution in [3.05, 3.63) is 206 Å². The van der Waals surface area contributed by atoms with Crippen LogP contribution in [0.1, 0.15) is 0 Å². The Morgan fingerprint density at radius 2 is 0.754 bits per heavy atom. The number of furan rings is 1. The van der Waals surface area contributed by atoms with Crippen LogP contribution < -0.4 is 0 Å². The Balaban J connectivity index is 1.07. The number of nitrogens with zero attached hydrogens (tertiary/aromatic N) is 2. The summed E-state index contributed by atoms with van der Waals surface area (Å²) in [6.07, 6.45) is 0. The van der Waals surface area contributed by atoms with E-state index in [4.69, 9.17) is 4.42 Å². The van der Waals surface area contributed by atoms with Gasteiger partial charge in [-0.2, -0.15) is 0 Å². The van der Waals surface area contributed by atoms with E-state index < -0.39 is 0 Å². The van der Waals surface area contributed by atoms with Crippen LogP contribution >= 0.6 is 0 Å². The van der Waals surface area contributed by atoms with E-state index in [1.54, 1.807) is 0 Å². The van der Waals surface area contributed by atoms with Gasteiger partial charge >= 0.3 is 0 Å². The summed E-state index contributed by atoms with van der Waals surface area (Å²) >= 11 is 0. The molecule has 0 saturated carbocycles. The fourth-order valence-electron chi connectivity index (χ4n) is 9.06. The van der Waals surface area contributed by atoms with E-state index in [1.165, 1.54) is 60.3 Å². The Morgan fingerprint density at radius 3 is 1.46 bits per heavy atom. The maximum absolute atomic E-state index is 6.53. The zero-order valence-electron chi connectivity index (χ0n) is 30.9. The molecule has 3 heteroatoms. The van der Waals surface area contributed by atoms with Gasteiger partial charge in [0.2, 0.25) is 0 Å². The van der Waals surface area contributed by atoms with Gasteiger partial charge in [0.1, 0.15) is 11.2 Å². The summed E-state index contributed by atoms with van der Waals surface area (Å²) in [5.74, 6) is 0. The third-order valence-electron chi connectivity index (χ3n) is 11.7. The number of aromatic nitrogens is 2. The molecule has 0 N–H and O–H groups in total. The molecule has 0 spiro atoms. The standard InChI is InChI=1S/C54H34N2O/c1-3-12-35(13-4-1)36-22-27-41(28-23-36)56-51-30-25-38(37-24-29-50-46(32-37)43-16-7-9-20-49(43)55(50)40-14-5-2-6-15-40)33-47(51)48-34-39(26-31-52(48)56)42-18-11-19-45-44-17-8-10-21-53(44)57-54(42)45/h1-34H. The predicted octanol–water partition coefficient (Wildman–Crippen LogP) is 14.8. The number of para-hydroxylation sites is 4. The van der Waals surface area contributed by atoms with Gasteiger partial charge < -0.3 is 13.6 Å². The molecule has 12 aromatic rings. The molecule has 0 bridgehead atoms. The first-order valence-corrected chi connectivity index (χ1v) is 19.5. The van der Waals surface area contributed by atoms with Crippen LogP contribution in [0.25, 0.3) is 110 Å². The SMILES string of the molecule is c1ccc(-c2ccc(-n3c4ccc(-c5ccc6c(c5)c5ccccc5n6-c5ccccc5)cc4c4cc(-c5cccc6c5oc5ccccc56)ccc43)cc2)cc1. The zero-order chi connectivity index (χ0) is 37.5. The van der Waals surface area contributed by atoms with Crippen LogP contribution in [0.3, 0.4) is 0 Å². The molecular formula is C54H34N2O. The molecule has 0 aliphatic rings. The maximum Gasteiger partial charge on any atom is 0.143 e. The highest BCUT2D eigenvalue weighted by Crippen LogP contribution is 2.41. The third-order valence-corrected chi connectivity index (χ3v) is 11.7. The van der Waals surface area contributed by atoms with E-state index in [9.17, 15) is 0 Å². The average molecular weight is 727 g/mol.